The number of hydrogen-bond donors (Lipinski definition) is 0. The largest absolute Gasteiger partial charge is 0.452 e. The van der Waals surface area contributed by atoms with Crippen LogP contribution >= 0.6 is 0 Å². The van der Waals surface area contributed by atoms with Crippen molar-refractivity contribution in [3.05, 3.63) is 72.5 Å². The van der Waals surface area contributed by atoms with Crippen LogP contribution < -0.4 is 11.2 Å². The average Bonchev–Trinajstić information content (AvgIpc) is 2.52. The van der Waals surface area contributed by atoms with Crippen molar-refractivity contribution >= 4 is 11.8 Å². The maximum atomic E-state index is 12.4. The van der Waals surface area contributed by atoms with Crippen molar-refractivity contribution in [2.24, 2.45) is 0 Å². The van der Waals surface area contributed by atoms with Crippen LogP contribution in [0.3, 0.4) is 0 Å². The first-order valence-electron chi connectivity index (χ1n) is 6.51. The van der Waals surface area contributed by atoms with Gasteiger partial charge in [-0.25, -0.2) is 9.59 Å². The van der Waals surface area contributed by atoms with Gasteiger partial charge < -0.3 is 4.74 Å². The Hall–Kier alpha value is -3.23. The molecule has 2 rings (SSSR count). The van der Waals surface area contributed by atoms with Crippen molar-refractivity contribution in [2.75, 3.05) is 7.11 Å². The SMILES string of the molecule is COC(=O)n1c(=O)c([N+](=O)[O-])c(C)n(Cc2ccccc2)c1=O. The number of aromatic nitrogens is 2. The van der Waals surface area contributed by atoms with Crippen LogP contribution in [0.4, 0.5) is 10.5 Å². The fourth-order valence-electron chi connectivity index (χ4n) is 2.15. The third-order valence-electron chi connectivity index (χ3n) is 3.30. The van der Waals surface area contributed by atoms with Crippen LogP contribution in [0.2, 0.25) is 0 Å². The smallest absolute Gasteiger partial charge is 0.425 e. The molecule has 0 unspecified atom stereocenters. The highest BCUT2D eigenvalue weighted by molar-refractivity contribution is 5.70. The number of benzene rings is 1. The zero-order valence-corrected chi connectivity index (χ0v) is 12.4. The summed E-state index contributed by atoms with van der Waals surface area (Å²) in [5, 5.41) is 11.1. The number of carbonyl (C=O) groups is 1. The summed E-state index contributed by atoms with van der Waals surface area (Å²) >= 11 is 0. The van der Waals surface area contributed by atoms with E-state index in [0.29, 0.717) is 5.56 Å². The van der Waals surface area contributed by atoms with Crippen molar-refractivity contribution < 1.29 is 14.5 Å². The number of methoxy groups -OCH3 is 1. The number of carbonyl (C=O) groups excluding carboxylic acids is 1. The lowest BCUT2D eigenvalue weighted by atomic mass is 10.2. The second-order valence-electron chi connectivity index (χ2n) is 4.66. The van der Waals surface area contributed by atoms with Crippen molar-refractivity contribution in [2.45, 2.75) is 13.5 Å². The molecule has 9 nitrogen and oxygen atoms in total. The fraction of sp³-hybridized carbons (Fsp3) is 0.214. The first-order chi connectivity index (χ1) is 10.9. The van der Waals surface area contributed by atoms with Gasteiger partial charge in [-0.2, -0.15) is 4.57 Å². The molecule has 0 saturated heterocycles. The molecule has 0 N–H and O–H groups in total. The molecule has 0 aliphatic heterocycles. The van der Waals surface area contributed by atoms with E-state index in [-0.39, 0.29) is 16.8 Å². The zero-order chi connectivity index (χ0) is 17.1. The van der Waals surface area contributed by atoms with Gasteiger partial charge in [-0.1, -0.05) is 30.3 Å². The summed E-state index contributed by atoms with van der Waals surface area (Å²) in [6.45, 7) is 1.26. The van der Waals surface area contributed by atoms with E-state index in [0.717, 1.165) is 11.7 Å². The molecule has 0 amide bonds. The summed E-state index contributed by atoms with van der Waals surface area (Å²) in [7, 11) is 0.974. The molecule has 1 aromatic carbocycles. The third kappa shape index (κ3) is 2.89. The van der Waals surface area contributed by atoms with Crippen molar-refractivity contribution in [1.82, 2.24) is 9.13 Å². The maximum absolute atomic E-state index is 12.4. The monoisotopic (exact) mass is 319 g/mol. The molecular weight excluding hydrogens is 306 g/mol. The van der Waals surface area contributed by atoms with Gasteiger partial charge in [0.25, 0.3) is 0 Å². The molecule has 1 heterocycles. The normalized spacial score (nSPS) is 10.3. The fourth-order valence-corrected chi connectivity index (χ4v) is 2.15. The molecule has 0 spiro atoms. The van der Waals surface area contributed by atoms with Gasteiger partial charge in [0.05, 0.1) is 18.6 Å². The van der Waals surface area contributed by atoms with Crippen LogP contribution in [0.25, 0.3) is 0 Å². The Kier molecular flexibility index (Phi) is 4.39. The van der Waals surface area contributed by atoms with E-state index in [1.54, 1.807) is 30.3 Å². The summed E-state index contributed by atoms with van der Waals surface area (Å²) in [4.78, 5) is 46.3. The lowest BCUT2D eigenvalue weighted by Crippen LogP contribution is -2.45. The van der Waals surface area contributed by atoms with Crippen molar-refractivity contribution in [3.8, 4) is 0 Å². The van der Waals surface area contributed by atoms with Crippen molar-refractivity contribution in [3.63, 3.8) is 0 Å². The van der Waals surface area contributed by atoms with Crippen LogP contribution in [0.5, 0.6) is 0 Å². The van der Waals surface area contributed by atoms with Crippen LogP contribution in [-0.2, 0) is 11.3 Å². The first kappa shape index (κ1) is 16.1. The number of hydrogen-bond acceptors (Lipinski definition) is 6. The highest BCUT2D eigenvalue weighted by atomic mass is 16.6. The molecular formula is C14H13N3O6. The van der Waals surface area contributed by atoms with Gasteiger partial charge in [0.1, 0.15) is 5.69 Å². The first-order valence-corrected chi connectivity index (χ1v) is 6.51. The second kappa shape index (κ2) is 6.26. The average molecular weight is 319 g/mol. The molecule has 0 radical (unpaired) electrons. The molecule has 9 heteroatoms. The number of ether oxygens (including phenoxy) is 1. The molecule has 2 aromatic rings. The Morgan fingerprint density at radius 3 is 2.39 bits per heavy atom. The predicted molar refractivity (Wildman–Crippen MR) is 79.7 cm³/mol. The van der Waals surface area contributed by atoms with Crippen LogP contribution in [0.15, 0.2) is 39.9 Å². The minimum atomic E-state index is -1.31. The van der Waals surface area contributed by atoms with Gasteiger partial charge >= 0.3 is 23.0 Å². The van der Waals surface area contributed by atoms with Gasteiger partial charge in [-0.3, -0.25) is 19.5 Å². The third-order valence-corrected chi connectivity index (χ3v) is 3.30. The van der Waals surface area contributed by atoms with Gasteiger partial charge in [0.2, 0.25) is 0 Å². The standard InChI is InChI=1S/C14H13N3O6/c1-9-11(17(21)22)12(18)16(14(20)23-2)13(19)15(9)8-10-6-4-3-5-7-10/h3-7H,8H2,1-2H3. The van der Waals surface area contributed by atoms with Crippen molar-refractivity contribution in [1.29, 1.82) is 0 Å². The van der Waals surface area contributed by atoms with Crippen LogP contribution in [0.1, 0.15) is 11.3 Å². The van der Waals surface area contributed by atoms with E-state index >= 15 is 0 Å². The van der Waals surface area contributed by atoms with Gasteiger partial charge in [0, 0.05) is 0 Å². The van der Waals surface area contributed by atoms with E-state index in [1.165, 1.54) is 6.92 Å². The summed E-state index contributed by atoms with van der Waals surface area (Å²) in [5.74, 6) is 0. The van der Waals surface area contributed by atoms with Gasteiger partial charge in [0.15, 0.2) is 0 Å². The lowest BCUT2D eigenvalue weighted by molar-refractivity contribution is -0.387. The lowest BCUT2D eigenvalue weighted by Gasteiger charge is -2.12. The molecule has 23 heavy (non-hydrogen) atoms. The summed E-state index contributed by atoms with van der Waals surface area (Å²) in [5.41, 5.74) is -2.59. The molecule has 0 saturated carbocycles. The predicted octanol–water partition coefficient (Wildman–Crippen LogP) is 0.889. The van der Waals surface area contributed by atoms with E-state index in [9.17, 15) is 24.5 Å². The van der Waals surface area contributed by atoms with E-state index < -0.39 is 28.0 Å². The minimum Gasteiger partial charge on any atom is -0.452 e. The quantitative estimate of drug-likeness (QED) is 0.613. The molecule has 0 aliphatic carbocycles. The minimum absolute atomic E-state index is 0.0242. The molecule has 0 bridgehead atoms. The highest BCUT2D eigenvalue weighted by Crippen LogP contribution is 2.12. The molecule has 0 fully saturated rings. The second-order valence-corrected chi connectivity index (χ2v) is 4.66. The zero-order valence-electron chi connectivity index (χ0n) is 12.4. The highest BCUT2D eigenvalue weighted by Gasteiger charge is 2.28. The Balaban J connectivity index is 2.78. The Morgan fingerprint density at radius 1 is 1.26 bits per heavy atom. The summed E-state index contributed by atoms with van der Waals surface area (Å²) in [6.07, 6.45) is -1.27. The Labute approximate surface area is 129 Å². The maximum Gasteiger partial charge on any atom is 0.425 e. The Morgan fingerprint density at radius 2 is 1.87 bits per heavy atom. The summed E-state index contributed by atoms with van der Waals surface area (Å²) < 4.78 is 5.48. The Bertz CT molecular complexity index is 882. The van der Waals surface area contributed by atoms with E-state index in [2.05, 4.69) is 4.74 Å². The number of nitrogens with zero attached hydrogens (tertiary/aromatic N) is 3. The van der Waals surface area contributed by atoms with Crippen LogP contribution in [0, 0.1) is 17.0 Å². The van der Waals surface area contributed by atoms with Crippen LogP contribution in [-0.4, -0.2) is 27.3 Å². The molecule has 1 aromatic heterocycles. The molecule has 120 valence electrons. The van der Waals surface area contributed by atoms with Gasteiger partial charge in [-0.05, 0) is 12.5 Å². The topological polar surface area (TPSA) is 113 Å². The van der Waals surface area contributed by atoms with Gasteiger partial charge in [-0.15, -0.1) is 0 Å². The number of rotatable bonds is 3. The van der Waals surface area contributed by atoms with E-state index in [4.69, 9.17) is 0 Å². The summed E-state index contributed by atoms with van der Waals surface area (Å²) in [6, 6.07) is 8.68. The number of nitro groups is 1. The van der Waals surface area contributed by atoms with E-state index in [1.807, 2.05) is 0 Å². The molecule has 0 atom stereocenters. The molecule has 0 aliphatic rings.